The maximum Gasteiger partial charge on any atom is 0.340 e. The summed E-state index contributed by atoms with van der Waals surface area (Å²) >= 11 is 0. The molecular weight excluding hydrogens is 376 g/mol. The van der Waals surface area contributed by atoms with E-state index in [1.807, 2.05) is 0 Å². The number of fused-ring (bicyclic) bond motifs is 1. The molecule has 0 radical (unpaired) electrons. The zero-order valence-electron chi connectivity index (χ0n) is 16.6. The highest BCUT2D eigenvalue weighted by atomic mass is 16.5. The molecule has 0 aliphatic carbocycles. The van der Waals surface area contributed by atoms with E-state index in [2.05, 4.69) is 10.3 Å². The molecule has 8 heteroatoms. The van der Waals surface area contributed by atoms with Crippen molar-refractivity contribution < 1.29 is 28.5 Å². The van der Waals surface area contributed by atoms with Crippen molar-refractivity contribution in [1.29, 1.82) is 0 Å². The van der Waals surface area contributed by atoms with Gasteiger partial charge in [0, 0.05) is 12.3 Å². The summed E-state index contributed by atoms with van der Waals surface area (Å²) < 4.78 is 21.3. The SMILES string of the molecule is CCOC(=O)c1ccccc1NC(=O)c1c[nH]c2cc(OC)c(OC)c(OC)c12. The number of nitrogens with one attached hydrogen (secondary N) is 2. The molecule has 0 bridgehead atoms. The second kappa shape index (κ2) is 8.55. The van der Waals surface area contributed by atoms with Gasteiger partial charge in [0.25, 0.3) is 5.91 Å². The summed E-state index contributed by atoms with van der Waals surface area (Å²) in [6, 6.07) is 8.38. The molecule has 1 aromatic heterocycles. The van der Waals surface area contributed by atoms with Crippen molar-refractivity contribution in [3.8, 4) is 17.2 Å². The van der Waals surface area contributed by atoms with Crippen molar-refractivity contribution in [2.75, 3.05) is 33.3 Å². The van der Waals surface area contributed by atoms with Crippen LogP contribution in [0.25, 0.3) is 10.9 Å². The summed E-state index contributed by atoms with van der Waals surface area (Å²) in [6.07, 6.45) is 1.56. The Morgan fingerprint density at radius 2 is 1.72 bits per heavy atom. The molecule has 0 aliphatic heterocycles. The number of hydrogen-bond acceptors (Lipinski definition) is 6. The molecule has 0 spiro atoms. The Morgan fingerprint density at radius 1 is 1.00 bits per heavy atom. The van der Waals surface area contributed by atoms with Crippen molar-refractivity contribution in [1.82, 2.24) is 4.98 Å². The van der Waals surface area contributed by atoms with Crippen LogP contribution in [0, 0.1) is 0 Å². The number of methoxy groups -OCH3 is 3. The number of ether oxygens (including phenoxy) is 4. The van der Waals surface area contributed by atoms with E-state index in [9.17, 15) is 9.59 Å². The lowest BCUT2D eigenvalue weighted by Gasteiger charge is -2.14. The lowest BCUT2D eigenvalue weighted by Crippen LogP contribution is -2.15. The summed E-state index contributed by atoms with van der Waals surface area (Å²) in [5, 5.41) is 3.31. The molecule has 8 nitrogen and oxygen atoms in total. The highest BCUT2D eigenvalue weighted by Gasteiger charge is 2.23. The third-order valence-electron chi connectivity index (χ3n) is 4.39. The molecule has 2 N–H and O–H groups in total. The van der Waals surface area contributed by atoms with E-state index >= 15 is 0 Å². The number of amides is 1. The van der Waals surface area contributed by atoms with Gasteiger partial charge < -0.3 is 29.2 Å². The van der Waals surface area contributed by atoms with Crippen molar-refractivity contribution in [2.45, 2.75) is 6.92 Å². The Hall–Kier alpha value is -3.68. The monoisotopic (exact) mass is 398 g/mol. The molecule has 0 unspecified atom stereocenters. The van der Waals surface area contributed by atoms with Crippen LogP contribution in [-0.2, 0) is 4.74 Å². The first-order valence-corrected chi connectivity index (χ1v) is 8.93. The van der Waals surface area contributed by atoms with Crippen LogP contribution >= 0.6 is 0 Å². The van der Waals surface area contributed by atoms with Gasteiger partial charge in [-0.25, -0.2) is 4.79 Å². The van der Waals surface area contributed by atoms with Crippen LogP contribution in [0.1, 0.15) is 27.6 Å². The lowest BCUT2D eigenvalue weighted by atomic mass is 10.1. The molecule has 3 rings (SSSR count). The molecule has 29 heavy (non-hydrogen) atoms. The summed E-state index contributed by atoms with van der Waals surface area (Å²) in [5.74, 6) is 0.290. The minimum Gasteiger partial charge on any atom is -0.493 e. The zero-order valence-corrected chi connectivity index (χ0v) is 16.6. The van der Waals surface area contributed by atoms with Crippen molar-refractivity contribution in [3.63, 3.8) is 0 Å². The minimum absolute atomic E-state index is 0.238. The van der Waals surface area contributed by atoms with Gasteiger partial charge in [0.2, 0.25) is 5.75 Å². The van der Waals surface area contributed by atoms with Gasteiger partial charge in [-0.2, -0.15) is 0 Å². The number of carbonyl (C=O) groups excluding carboxylic acids is 2. The summed E-state index contributed by atoms with van der Waals surface area (Å²) in [4.78, 5) is 28.2. The third kappa shape index (κ3) is 3.69. The fraction of sp³-hybridized carbons (Fsp3) is 0.238. The molecule has 3 aromatic rings. The fourth-order valence-electron chi connectivity index (χ4n) is 3.11. The van der Waals surface area contributed by atoms with Gasteiger partial charge >= 0.3 is 5.97 Å². The van der Waals surface area contributed by atoms with Gasteiger partial charge in [-0.15, -0.1) is 0 Å². The van der Waals surface area contributed by atoms with Crippen LogP contribution in [0.4, 0.5) is 5.69 Å². The molecule has 1 heterocycles. The molecule has 152 valence electrons. The maximum atomic E-state index is 13.0. The van der Waals surface area contributed by atoms with Crippen LogP contribution in [0.15, 0.2) is 36.5 Å². The summed E-state index contributed by atoms with van der Waals surface area (Å²) in [6.45, 7) is 1.96. The number of anilines is 1. The van der Waals surface area contributed by atoms with E-state index in [1.165, 1.54) is 21.3 Å². The maximum absolute atomic E-state index is 13.0. The predicted octanol–water partition coefficient (Wildman–Crippen LogP) is 3.62. The number of hydrogen-bond donors (Lipinski definition) is 2. The molecule has 2 aromatic carbocycles. The number of rotatable bonds is 7. The van der Waals surface area contributed by atoms with Gasteiger partial charge in [0.15, 0.2) is 11.5 Å². The van der Waals surface area contributed by atoms with E-state index in [-0.39, 0.29) is 12.2 Å². The van der Waals surface area contributed by atoms with Crippen LogP contribution in [0.2, 0.25) is 0 Å². The normalized spacial score (nSPS) is 10.5. The average molecular weight is 398 g/mol. The lowest BCUT2D eigenvalue weighted by molar-refractivity contribution is 0.0527. The average Bonchev–Trinajstić information content (AvgIpc) is 3.16. The number of para-hydroxylation sites is 1. The number of esters is 1. The molecule has 0 fully saturated rings. The Kier molecular flexibility index (Phi) is 5.92. The fourth-order valence-corrected chi connectivity index (χ4v) is 3.11. The smallest absolute Gasteiger partial charge is 0.340 e. The largest absolute Gasteiger partial charge is 0.493 e. The highest BCUT2D eigenvalue weighted by molar-refractivity contribution is 6.16. The van der Waals surface area contributed by atoms with E-state index in [4.69, 9.17) is 18.9 Å². The predicted molar refractivity (Wildman–Crippen MR) is 108 cm³/mol. The Bertz CT molecular complexity index is 1060. The van der Waals surface area contributed by atoms with Crippen molar-refractivity contribution in [2.24, 2.45) is 0 Å². The van der Waals surface area contributed by atoms with Crippen molar-refractivity contribution in [3.05, 3.63) is 47.7 Å². The van der Waals surface area contributed by atoms with E-state index in [0.29, 0.717) is 39.4 Å². The zero-order chi connectivity index (χ0) is 21.0. The summed E-state index contributed by atoms with van der Waals surface area (Å²) in [5.41, 5.74) is 1.60. The molecule has 0 atom stereocenters. The molecule has 0 saturated carbocycles. The van der Waals surface area contributed by atoms with Gasteiger partial charge in [-0.05, 0) is 19.1 Å². The van der Waals surface area contributed by atoms with Crippen LogP contribution < -0.4 is 19.5 Å². The topological polar surface area (TPSA) is 98.9 Å². The first-order chi connectivity index (χ1) is 14.0. The second-order valence-electron chi connectivity index (χ2n) is 5.99. The number of carbonyl (C=O) groups is 2. The Balaban J connectivity index is 2.05. The first-order valence-electron chi connectivity index (χ1n) is 8.93. The minimum atomic E-state index is -0.508. The van der Waals surface area contributed by atoms with Crippen LogP contribution in [-0.4, -0.2) is 44.8 Å². The quantitative estimate of drug-likeness (QED) is 0.590. The Labute approximate surface area is 167 Å². The molecular formula is C21H22N2O6. The standard InChI is InChI=1S/C21H22N2O6/c1-5-29-21(25)12-8-6-7-9-14(12)23-20(24)13-11-22-15-10-16(26-2)18(27-3)19(28-4)17(13)15/h6-11,22H,5H2,1-4H3,(H,23,24). The van der Waals surface area contributed by atoms with E-state index in [1.54, 1.807) is 43.5 Å². The number of H-pyrrole nitrogens is 1. The second-order valence-corrected chi connectivity index (χ2v) is 5.99. The van der Waals surface area contributed by atoms with Gasteiger partial charge in [0.05, 0.1) is 55.7 Å². The molecule has 0 saturated heterocycles. The molecule has 0 aliphatic rings. The van der Waals surface area contributed by atoms with Gasteiger partial charge in [0.1, 0.15) is 0 Å². The Morgan fingerprint density at radius 3 is 2.38 bits per heavy atom. The molecule has 1 amide bonds. The van der Waals surface area contributed by atoms with Gasteiger partial charge in [-0.1, -0.05) is 12.1 Å². The van der Waals surface area contributed by atoms with E-state index in [0.717, 1.165) is 0 Å². The number of aromatic nitrogens is 1. The van der Waals surface area contributed by atoms with Crippen LogP contribution in [0.5, 0.6) is 17.2 Å². The first kappa shape index (κ1) is 20.1. The van der Waals surface area contributed by atoms with Crippen LogP contribution in [0.3, 0.4) is 0 Å². The van der Waals surface area contributed by atoms with Gasteiger partial charge in [-0.3, -0.25) is 4.79 Å². The third-order valence-corrected chi connectivity index (χ3v) is 4.39. The number of aromatic amines is 1. The van der Waals surface area contributed by atoms with E-state index < -0.39 is 11.9 Å². The van der Waals surface area contributed by atoms with Crippen molar-refractivity contribution >= 4 is 28.5 Å². The number of benzene rings is 2. The summed E-state index contributed by atoms with van der Waals surface area (Å²) in [7, 11) is 4.50. The highest BCUT2D eigenvalue weighted by Crippen LogP contribution is 2.44.